The summed E-state index contributed by atoms with van der Waals surface area (Å²) in [6.07, 6.45) is 8.88. The number of carbonyl (C=O) groups is 2. The van der Waals surface area contributed by atoms with Gasteiger partial charge in [-0.1, -0.05) is 25.5 Å². The molecule has 0 aromatic heterocycles. The van der Waals surface area contributed by atoms with Gasteiger partial charge in [0.25, 0.3) is 0 Å². The summed E-state index contributed by atoms with van der Waals surface area (Å²) in [7, 11) is 1.37. The Kier molecular flexibility index (Phi) is 5.68. The average molecular weight is 585 g/mol. The van der Waals surface area contributed by atoms with E-state index >= 15 is 0 Å². The summed E-state index contributed by atoms with van der Waals surface area (Å²) in [6, 6.07) is 0. The molecule has 5 heteroatoms. The summed E-state index contributed by atoms with van der Waals surface area (Å²) < 4.78 is 4.98. The minimum absolute atomic E-state index is 0. The molecule has 0 bridgehead atoms. The normalized spacial score (nSPS) is 45.5. The van der Waals surface area contributed by atoms with Gasteiger partial charge in [0.15, 0.2) is 11.4 Å². The SMILES string of the molecule is COC(=O)[C@@]1(O)CCC2C3C=C(C)C4=CC(=O)CC[C@]4(C)C3CC[C@@]21C.[Ac]. The van der Waals surface area contributed by atoms with Gasteiger partial charge in [-0.3, -0.25) is 4.79 Å². The molecule has 27 heavy (non-hydrogen) atoms. The number of esters is 1. The number of methoxy groups -OCH3 is 1. The van der Waals surface area contributed by atoms with Crippen molar-refractivity contribution < 1.29 is 63.5 Å². The quantitative estimate of drug-likeness (QED) is 0.478. The molecule has 0 aromatic rings. The first-order chi connectivity index (χ1) is 12.2. The van der Waals surface area contributed by atoms with E-state index in [1.54, 1.807) is 0 Å². The first-order valence-corrected chi connectivity index (χ1v) is 9.92. The smallest absolute Gasteiger partial charge is 0.338 e. The second-order valence-electron chi connectivity index (χ2n) is 9.43. The zero-order valence-electron chi connectivity index (χ0n) is 16.9. The van der Waals surface area contributed by atoms with E-state index in [9.17, 15) is 14.7 Å². The van der Waals surface area contributed by atoms with Gasteiger partial charge in [0, 0.05) is 55.9 Å². The maximum absolute atomic E-state index is 12.4. The van der Waals surface area contributed by atoms with Crippen LogP contribution in [0.4, 0.5) is 0 Å². The molecule has 4 aliphatic carbocycles. The van der Waals surface area contributed by atoms with E-state index < -0.39 is 17.0 Å². The Bertz CT molecular complexity index is 741. The fraction of sp³-hybridized carbons (Fsp3) is 0.727. The Balaban J connectivity index is 0.00000210. The molecule has 2 fully saturated rings. The average Bonchev–Trinajstić information content (AvgIpc) is 2.88. The van der Waals surface area contributed by atoms with Gasteiger partial charge in [0.05, 0.1) is 7.11 Å². The van der Waals surface area contributed by atoms with Crippen LogP contribution in [0.15, 0.2) is 23.3 Å². The Morgan fingerprint density at radius 3 is 2.52 bits per heavy atom. The van der Waals surface area contributed by atoms with Crippen molar-refractivity contribution in [3.8, 4) is 0 Å². The Morgan fingerprint density at radius 1 is 1.19 bits per heavy atom. The number of aliphatic hydroxyl groups is 1. The van der Waals surface area contributed by atoms with E-state index in [-0.39, 0.29) is 61.2 Å². The second kappa shape index (κ2) is 7.06. The van der Waals surface area contributed by atoms with Gasteiger partial charge in [-0.15, -0.1) is 0 Å². The maximum atomic E-state index is 12.4. The molecule has 1 radical (unpaired) electrons. The van der Waals surface area contributed by atoms with Crippen molar-refractivity contribution in [1.82, 2.24) is 0 Å². The third kappa shape index (κ3) is 2.82. The van der Waals surface area contributed by atoms with Crippen LogP contribution in [0, 0.1) is 72.6 Å². The molecule has 145 valence electrons. The summed E-state index contributed by atoms with van der Waals surface area (Å²) in [5.74, 6) is 0.862. The molecular formula is C22H30AcO4. The number of rotatable bonds is 1. The Morgan fingerprint density at radius 2 is 1.85 bits per heavy atom. The molecule has 0 aliphatic heterocycles. The molecule has 0 aromatic carbocycles. The van der Waals surface area contributed by atoms with Crippen molar-refractivity contribution in [3.63, 3.8) is 0 Å². The van der Waals surface area contributed by atoms with Gasteiger partial charge in [-0.2, -0.15) is 0 Å². The zero-order chi connectivity index (χ0) is 18.9. The summed E-state index contributed by atoms with van der Waals surface area (Å²) in [5.41, 5.74) is 0.642. The topological polar surface area (TPSA) is 63.6 Å². The maximum Gasteiger partial charge on any atom is 0.338 e. The summed E-state index contributed by atoms with van der Waals surface area (Å²) in [5, 5.41) is 11.3. The molecule has 6 atom stereocenters. The fourth-order valence-electron chi connectivity index (χ4n) is 6.94. The van der Waals surface area contributed by atoms with E-state index in [0.29, 0.717) is 24.7 Å². The van der Waals surface area contributed by atoms with Gasteiger partial charge in [-0.05, 0) is 73.8 Å². The van der Waals surface area contributed by atoms with Gasteiger partial charge in [-0.25, -0.2) is 4.79 Å². The van der Waals surface area contributed by atoms with E-state index in [0.717, 1.165) is 25.7 Å². The zero-order valence-corrected chi connectivity index (χ0v) is 21.6. The summed E-state index contributed by atoms with van der Waals surface area (Å²) in [4.78, 5) is 24.4. The van der Waals surface area contributed by atoms with Crippen molar-refractivity contribution in [2.45, 2.75) is 64.9 Å². The Labute approximate surface area is 197 Å². The molecular weight excluding hydrogens is 555 g/mol. The predicted octanol–water partition coefficient (Wildman–Crippen LogP) is 3.59. The Hall–Kier alpha value is 0.0216. The number of allylic oxidation sites excluding steroid dienone is 4. The van der Waals surface area contributed by atoms with Gasteiger partial charge in [0.2, 0.25) is 0 Å². The van der Waals surface area contributed by atoms with Crippen molar-refractivity contribution in [2.75, 3.05) is 7.11 Å². The van der Waals surface area contributed by atoms with E-state index in [1.165, 1.54) is 18.3 Å². The molecule has 4 nitrogen and oxygen atoms in total. The molecule has 2 saturated carbocycles. The number of fused-ring (bicyclic) bond motifs is 5. The van der Waals surface area contributed by atoms with Crippen LogP contribution >= 0.6 is 0 Å². The van der Waals surface area contributed by atoms with Crippen LogP contribution in [0.3, 0.4) is 0 Å². The summed E-state index contributed by atoms with van der Waals surface area (Å²) in [6.45, 7) is 6.52. The monoisotopic (exact) mass is 585 g/mol. The van der Waals surface area contributed by atoms with Crippen LogP contribution < -0.4 is 0 Å². The fourth-order valence-corrected chi connectivity index (χ4v) is 6.94. The van der Waals surface area contributed by atoms with E-state index in [1.807, 2.05) is 6.08 Å². The second-order valence-corrected chi connectivity index (χ2v) is 9.43. The van der Waals surface area contributed by atoms with E-state index in [2.05, 4.69) is 26.8 Å². The molecule has 0 saturated heterocycles. The van der Waals surface area contributed by atoms with Crippen molar-refractivity contribution in [3.05, 3.63) is 23.3 Å². The third-order valence-corrected chi connectivity index (χ3v) is 8.50. The first kappa shape index (κ1) is 21.7. The third-order valence-electron chi connectivity index (χ3n) is 8.50. The number of hydrogen-bond acceptors (Lipinski definition) is 4. The van der Waals surface area contributed by atoms with Gasteiger partial charge < -0.3 is 9.84 Å². The van der Waals surface area contributed by atoms with Crippen LogP contribution in [0.25, 0.3) is 0 Å². The van der Waals surface area contributed by atoms with Crippen LogP contribution in [0.1, 0.15) is 59.3 Å². The van der Waals surface area contributed by atoms with Crippen LogP contribution in [0.2, 0.25) is 0 Å². The number of hydrogen-bond donors (Lipinski definition) is 1. The molecule has 0 amide bonds. The molecule has 1 N–H and O–H groups in total. The minimum atomic E-state index is -1.38. The molecule has 3 unspecified atom stereocenters. The van der Waals surface area contributed by atoms with Gasteiger partial charge in [0.1, 0.15) is 0 Å². The van der Waals surface area contributed by atoms with Crippen LogP contribution in [0.5, 0.6) is 0 Å². The molecule has 0 heterocycles. The van der Waals surface area contributed by atoms with Crippen molar-refractivity contribution >= 4 is 11.8 Å². The first-order valence-electron chi connectivity index (χ1n) is 9.92. The number of ether oxygens (including phenoxy) is 1. The van der Waals surface area contributed by atoms with E-state index in [4.69, 9.17) is 4.74 Å². The van der Waals surface area contributed by atoms with Crippen LogP contribution in [-0.2, 0) is 14.3 Å². The predicted molar refractivity (Wildman–Crippen MR) is 98.2 cm³/mol. The largest absolute Gasteiger partial charge is 0.467 e. The standard InChI is InChI=1S/C22H30O4.Ac/c1-13-11-15-16(20(2)8-5-14(23)12-18(13)20)6-9-21(3)17(15)7-10-22(21,25)19(24)26-4;/h11-12,15-17,25H,5-10H2,1-4H3;/t15?,16?,17?,20-,21+,22+;/m1./s1. The molecule has 0 spiro atoms. The van der Waals surface area contributed by atoms with Crippen molar-refractivity contribution in [2.24, 2.45) is 28.6 Å². The van der Waals surface area contributed by atoms with Gasteiger partial charge >= 0.3 is 5.97 Å². The molecule has 4 aliphatic rings. The number of ketones is 1. The molecule has 4 rings (SSSR count). The minimum Gasteiger partial charge on any atom is -0.467 e. The van der Waals surface area contributed by atoms with Crippen LogP contribution in [-0.4, -0.2) is 29.6 Å². The summed E-state index contributed by atoms with van der Waals surface area (Å²) >= 11 is 0. The number of carbonyl (C=O) groups excluding carboxylic acids is 2. The van der Waals surface area contributed by atoms with Crippen molar-refractivity contribution in [1.29, 1.82) is 0 Å².